The molecule has 3 N–H and O–H groups in total. The normalized spacial score (nSPS) is 10.1. The predicted molar refractivity (Wildman–Crippen MR) is 64.9 cm³/mol. The lowest BCUT2D eigenvalue weighted by molar-refractivity contribution is 0.0994. The Balaban J connectivity index is 1.85. The minimum atomic E-state index is -0.577. The van der Waals surface area contributed by atoms with Gasteiger partial charge in [0.05, 0.1) is 5.01 Å². The van der Waals surface area contributed by atoms with Crippen molar-refractivity contribution in [3.63, 3.8) is 0 Å². The number of primary amides is 1. The maximum Gasteiger partial charge on any atom is 0.269 e. The Bertz CT molecular complexity index is 482. The van der Waals surface area contributed by atoms with Gasteiger partial charge in [0.1, 0.15) is 5.82 Å². The maximum absolute atomic E-state index is 10.8. The topological polar surface area (TPSA) is 93.8 Å². The van der Waals surface area contributed by atoms with Crippen LogP contribution in [0.5, 0.6) is 0 Å². The van der Waals surface area contributed by atoms with Crippen molar-refractivity contribution in [1.82, 2.24) is 15.2 Å². The summed E-state index contributed by atoms with van der Waals surface area (Å²) in [5, 5.41) is 13.6. The molecule has 2 heterocycles. The van der Waals surface area contributed by atoms with E-state index in [1.165, 1.54) is 0 Å². The van der Waals surface area contributed by atoms with E-state index in [2.05, 4.69) is 20.5 Å². The second-order valence-corrected chi connectivity index (χ2v) is 4.25. The molecule has 7 heteroatoms. The summed E-state index contributed by atoms with van der Waals surface area (Å²) < 4.78 is 0. The Morgan fingerprint density at radius 2 is 2.29 bits per heavy atom. The van der Waals surface area contributed by atoms with Crippen LogP contribution in [0.4, 0.5) is 5.82 Å². The van der Waals surface area contributed by atoms with Crippen molar-refractivity contribution < 1.29 is 4.79 Å². The molecule has 1 amide bonds. The van der Waals surface area contributed by atoms with E-state index >= 15 is 0 Å². The monoisotopic (exact) mass is 249 g/mol. The Morgan fingerprint density at radius 3 is 2.88 bits per heavy atom. The molecule has 2 aromatic heterocycles. The van der Waals surface area contributed by atoms with E-state index < -0.39 is 5.91 Å². The van der Waals surface area contributed by atoms with E-state index in [1.807, 2.05) is 5.38 Å². The highest BCUT2D eigenvalue weighted by atomic mass is 32.1. The highest BCUT2D eigenvalue weighted by molar-refractivity contribution is 7.09. The van der Waals surface area contributed by atoms with Gasteiger partial charge in [-0.3, -0.25) is 4.79 Å². The lowest BCUT2D eigenvalue weighted by Gasteiger charge is -2.03. The highest BCUT2D eigenvalue weighted by Crippen LogP contribution is 2.06. The van der Waals surface area contributed by atoms with Gasteiger partial charge in [0.15, 0.2) is 5.69 Å². The molecule has 0 spiro atoms. The zero-order chi connectivity index (χ0) is 12.1. The molecule has 2 aromatic rings. The standard InChI is InChI=1S/C10H11N5OS/c11-10(16)7-1-2-8(15-14-7)12-4-3-9-13-5-6-17-9/h1-2,5-6H,3-4H2,(H2,11,16)(H,12,15). The van der Waals surface area contributed by atoms with Crippen molar-refractivity contribution >= 4 is 23.1 Å². The van der Waals surface area contributed by atoms with Crippen molar-refractivity contribution in [1.29, 1.82) is 0 Å². The van der Waals surface area contributed by atoms with Crippen LogP contribution in [0.2, 0.25) is 0 Å². The van der Waals surface area contributed by atoms with Crippen LogP contribution in [-0.4, -0.2) is 27.6 Å². The van der Waals surface area contributed by atoms with Crippen LogP contribution in [-0.2, 0) is 6.42 Å². The Hall–Kier alpha value is -2.02. The van der Waals surface area contributed by atoms with Gasteiger partial charge < -0.3 is 11.1 Å². The summed E-state index contributed by atoms with van der Waals surface area (Å²) in [6.45, 7) is 0.720. The Kier molecular flexibility index (Phi) is 3.61. The third-order valence-corrected chi connectivity index (χ3v) is 2.88. The zero-order valence-corrected chi connectivity index (χ0v) is 9.78. The predicted octanol–water partition coefficient (Wildman–Crippen LogP) is 0.687. The summed E-state index contributed by atoms with van der Waals surface area (Å²) in [6, 6.07) is 3.22. The third-order valence-electron chi connectivity index (χ3n) is 2.05. The summed E-state index contributed by atoms with van der Waals surface area (Å²) >= 11 is 1.62. The number of rotatable bonds is 5. The second kappa shape index (κ2) is 5.35. The van der Waals surface area contributed by atoms with Gasteiger partial charge >= 0.3 is 0 Å². The number of nitrogens with two attached hydrogens (primary N) is 1. The molecule has 0 unspecified atom stereocenters. The highest BCUT2D eigenvalue weighted by Gasteiger charge is 2.02. The first-order chi connectivity index (χ1) is 8.25. The average Bonchev–Trinajstić information content (AvgIpc) is 2.83. The smallest absolute Gasteiger partial charge is 0.269 e. The molecule has 0 aromatic carbocycles. The number of carbonyl (C=O) groups is 1. The summed E-state index contributed by atoms with van der Waals surface area (Å²) in [5.41, 5.74) is 5.22. The minimum Gasteiger partial charge on any atom is -0.368 e. The number of anilines is 1. The number of thiazole rings is 1. The quantitative estimate of drug-likeness (QED) is 0.813. The number of hydrogen-bond acceptors (Lipinski definition) is 6. The van der Waals surface area contributed by atoms with Gasteiger partial charge in [0, 0.05) is 24.5 Å². The van der Waals surface area contributed by atoms with Crippen LogP contribution in [0.25, 0.3) is 0 Å². The van der Waals surface area contributed by atoms with Gasteiger partial charge in [-0.15, -0.1) is 21.5 Å². The molecule has 0 aliphatic rings. The van der Waals surface area contributed by atoms with E-state index in [1.54, 1.807) is 29.7 Å². The minimum absolute atomic E-state index is 0.162. The molecule has 0 atom stereocenters. The largest absolute Gasteiger partial charge is 0.368 e. The number of amides is 1. The van der Waals surface area contributed by atoms with Crippen LogP contribution in [0.15, 0.2) is 23.7 Å². The molecular weight excluding hydrogens is 238 g/mol. The molecule has 6 nitrogen and oxygen atoms in total. The molecule has 0 radical (unpaired) electrons. The molecule has 0 aliphatic carbocycles. The first kappa shape index (κ1) is 11.5. The van der Waals surface area contributed by atoms with E-state index in [-0.39, 0.29) is 5.69 Å². The fourth-order valence-electron chi connectivity index (χ4n) is 1.23. The Labute approximate surface area is 102 Å². The lowest BCUT2D eigenvalue weighted by Crippen LogP contribution is -2.14. The molecule has 0 bridgehead atoms. The first-order valence-corrected chi connectivity index (χ1v) is 5.89. The van der Waals surface area contributed by atoms with Gasteiger partial charge in [0.2, 0.25) is 0 Å². The second-order valence-electron chi connectivity index (χ2n) is 3.27. The number of nitrogens with zero attached hydrogens (tertiary/aromatic N) is 3. The van der Waals surface area contributed by atoms with E-state index in [4.69, 9.17) is 5.73 Å². The molecule has 17 heavy (non-hydrogen) atoms. The van der Waals surface area contributed by atoms with Crippen LogP contribution >= 0.6 is 11.3 Å². The molecular formula is C10H11N5OS. The molecule has 0 saturated carbocycles. The van der Waals surface area contributed by atoms with Gasteiger partial charge in [-0.05, 0) is 12.1 Å². The van der Waals surface area contributed by atoms with Crippen LogP contribution in [0, 0.1) is 0 Å². The molecule has 88 valence electrons. The summed E-state index contributed by atoms with van der Waals surface area (Å²) in [4.78, 5) is 14.9. The van der Waals surface area contributed by atoms with Gasteiger partial charge in [-0.1, -0.05) is 0 Å². The SMILES string of the molecule is NC(=O)c1ccc(NCCc2nccs2)nn1. The van der Waals surface area contributed by atoms with Crippen LogP contribution in [0.1, 0.15) is 15.5 Å². The molecule has 0 aliphatic heterocycles. The van der Waals surface area contributed by atoms with Crippen molar-refractivity contribution in [2.75, 3.05) is 11.9 Å². The lowest BCUT2D eigenvalue weighted by atomic mass is 10.3. The van der Waals surface area contributed by atoms with Crippen LogP contribution < -0.4 is 11.1 Å². The van der Waals surface area contributed by atoms with Gasteiger partial charge in [-0.2, -0.15) is 0 Å². The summed E-state index contributed by atoms with van der Waals surface area (Å²) in [5.74, 6) is 0.0402. The van der Waals surface area contributed by atoms with E-state index in [0.29, 0.717) is 5.82 Å². The zero-order valence-electron chi connectivity index (χ0n) is 8.96. The van der Waals surface area contributed by atoms with Crippen molar-refractivity contribution in [3.8, 4) is 0 Å². The number of hydrogen-bond donors (Lipinski definition) is 2. The average molecular weight is 249 g/mol. The van der Waals surface area contributed by atoms with Crippen molar-refractivity contribution in [3.05, 3.63) is 34.4 Å². The van der Waals surface area contributed by atoms with E-state index in [0.717, 1.165) is 18.0 Å². The molecule has 2 rings (SSSR count). The van der Waals surface area contributed by atoms with Gasteiger partial charge in [-0.25, -0.2) is 4.98 Å². The Morgan fingerprint density at radius 1 is 1.41 bits per heavy atom. The maximum atomic E-state index is 10.8. The summed E-state index contributed by atoms with van der Waals surface area (Å²) in [6.07, 6.45) is 2.61. The first-order valence-electron chi connectivity index (χ1n) is 5.01. The van der Waals surface area contributed by atoms with Gasteiger partial charge in [0.25, 0.3) is 5.91 Å². The number of carbonyl (C=O) groups excluding carboxylic acids is 1. The third kappa shape index (κ3) is 3.22. The van der Waals surface area contributed by atoms with Crippen molar-refractivity contribution in [2.24, 2.45) is 5.73 Å². The molecule has 0 fully saturated rings. The molecule has 0 saturated heterocycles. The fraction of sp³-hybridized carbons (Fsp3) is 0.200. The van der Waals surface area contributed by atoms with Crippen LogP contribution in [0.3, 0.4) is 0 Å². The van der Waals surface area contributed by atoms with Crippen molar-refractivity contribution in [2.45, 2.75) is 6.42 Å². The fourth-order valence-corrected chi connectivity index (χ4v) is 1.85. The summed E-state index contributed by atoms with van der Waals surface area (Å²) in [7, 11) is 0. The number of nitrogens with one attached hydrogen (secondary N) is 1. The number of aromatic nitrogens is 3. The van der Waals surface area contributed by atoms with E-state index in [9.17, 15) is 4.79 Å².